The van der Waals surface area contributed by atoms with Crippen molar-refractivity contribution in [3.8, 4) is 0 Å². The Balaban J connectivity index is 2.08. The predicted octanol–water partition coefficient (Wildman–Crippen LogP) is 3.77. The minimum Gasteiger partial charge on any atom is -0.472 e. The average Bonchev–Trinajstić information content (AvgIpc) is 2.84. The van der Waals surface area contributed by atoms with Crippen LogP contribution in [0.5, 0.6) is 0 Å². The largest absolute Gasteiger partial charge is 0.472 e. The van der Waals surface area contributed by atoms with Crippen LogP contribution in [0.25, 0.3) is 0 Å². The Morgan fingerprint density at radius 1 is 1.44 bits per heavy atom. The van der Waals surface area contributed by atoms with Crippen LogP contribution >= 0.6 is 0 Å². The van der Waals surface area contributed by atoms with E-state index in [1.807, 2.05) is 6.07 Å². The van der Waals surface area contributed by atoms with Crippen LogP contribution in [0.1, 0.15) is 51.2 Å². The maximum atomic E-state index is 11.8. The zero-order chi connectivity index (χ0) is 12.8. The van der Waals surface area contributed by atoms with Crippen molar-refractivity contribution in [1.82, 2.24) is 0 Å². The van der Waals surface area contributed by atoms with E-state index in [9.17, 15) is 4.79 Å². The van der Waals surface area contributed by atoms with Gasteiger partial charge in [-0.3, -0.25) is 4.79 Å². The van der Waals surface area contributed by atoms with E-state index in [-0.39, 0.29) is 17.5 Å². The number of fused-ring (bicyclic) bond motifs is 1. The normalized spacial score (nSPS) is 32.1. The summed E-state index contributed by atoms with van der Waals surface area (Å²) in [6.07, 6.45) is 6.94. The lowest BCUT2D eigenvalue weighted by Gasteiger charge is -2.45. The lowest BCUT2D eigenvalue weighted by Crippen LogP contribution is -2.39. The molecule has 0 N–H and O–H groups in total. The van der Waals surface area contributed by atoms with Crippen molar-refractivity contribution in [2.24, 2.45) is 5.41 Å². The number of hydrogen-bond donors (Lipinski definition) is 0. The second-order valence-electron chi connectivity index (χ2n) is 5.63. The molecule has 0 aromatic carbocycles. The molecule has 0 unspecified atom stereocenters. The van der Waals surface area contributed by atoms with Gasteiger partial charge in [-0.15, -0.1) is 0 Å². The third kappa shape index (κ3) is 1.61. The molecule has 0 radical (unpaired) electrons. The van der Waals surface area contributed by atoms with Gasteiger partial charge in [0, 0.05) is 11.0 Å². The SMILES string of the molecule is CC1=C2CC(=O)O[C@@H](c3ccoc3)[C@]2(C)CCC1. The van der Waals surface area contributed by atoms with Gasteiger partial charge in [-0.05, 0) is 32.3 Å². The third-order valence-corrected chi connectivity index (χ3v) is 4.45. The van der Waals surface area contributed by atoms with E-state index in [0.29, 0.717) is 6.42 Å². The summed E-state index contributed by atoms with van der Waals surface area (Å²) >= 11 is 0. The molecule has 0 spiro atoms. The zero-order valence-electron chi connectivity index (χ0n) is 10.9. The fraction of sp³-hybridized carbons (Fsp3) is 0.533. The summed E-state index contributed by atoms with van der Waals surface area (Å²) in [5, 5.41) is 0. The van der Waals surface area contributed by atoms with Gasteiger partial charge < -0.3 is 9.15 Å². The maximum absolute atomic E-state index is 11.8. The highest BCUT2D eigenvalue weighted by Gasteiger charge is 2.47. The third-order valence-electron chi connectivity index (χ3n) is 4.45. The molecular weight excluding hydrogens is 228 g/mol. The van der Waals surface area contributed by atoms with Gasteiger partial charge in [0.1, 0.15) is 6.10 Å². The van der Waals surface area contributed by atoms with Gasteiger partial charge in [0.15, 0.2) is 0 Å². The van der Waals surface area contributed by atoms with Gasteiger partial charge in [0.2, 0.25) is 0 Å². The van der Waals surface area contributed by atoms with Gasteiger partial charge in [-0.1, -0.05) is 18.1 Å². The molecular formula is C15H18O3. The minimum atomic E-state index is -0.192. The molecule has 96 valence electrons. The van der Waals surface area contributed by atoms with Gasteiger partial charge in [0.25, 0.3) is 0 Å². The molecule has 2 aliphatic rings. The molecule has 0 bridgehead atoms. The highest BCUT2D eigenvalue weighted by atomic mass is 16.5. The molecule has 1 aliphatic heterocycles. The van der Waals surface area contributed by atoms with Crippen LogP contribution in [0.4, 0.5) is 0 Å². The standard InChI is InChI=1S/C15H18O3/c1-10-4-3-6-15(2)12(10)8-13(16)18-14(15)11-5-7-17-9-11/h5,7,9,14H,3-4,6,8H2,1-2H3/t14-,15+/m0/s1. The fourth-order valence-corrected chi connectivity index (χ4v) is 3.46. The van der Waals surface area contributed by atoms with Crippen LogP contribution in [-0.4, -0.2) is 5.97 Å². The molecule has 18 heavy (non-hydrogen) atoms. The molecule has 3 nitrogen and oxygen atoms in total. The Kier molecular flexibility index (Phi) is 2.58. The summed E-state index contributed by atoms with van der Waals surface area (Å²) in [5.41, 5.74) is 3.57. The lowest BCUT2D eigenvalue weighted by molar-refractivity contribution is -0.161. The van der Waals surface area contributed by atoms with Crippen LogP contribution in [0, 0.1) is 5.41 Å². The van der Waals surface area contributed by atoms with Crippen molar-refractivity contribution in [1.29, 1.82) is 0 Å². The van der Waals surface area contributed by atoms with Crippen molar-refractivity contribution in [3.63, 3.8) is 0 Å². The van der Waals surface area contributed by atoms with Crippen molar-refractivity contribution < 1.29 is 13.9 Å². The number of esters is 1. The Morgan fingerprint density at radius 3 is 3.00 bits per heavy atom. The molecule has 1 aliphatic carbocycles. The second kappa shape index (κ2) is 4.01. The summed E-state index contributed by atoms with van der Waals surface area (Å²) in [6, 6.07) is 1.90. The van der Waals surface area contributed by atoms with Crippen LogP contribution in [-0.2, 0) is 9.53 Å². The van der Waals surface area contributed by atoms with Gasteiger partial charge in [0.05, 0.1) is 18.9 Å². The quantitative estimate of drug-likeness (QED) is 0.559. The number of allylic oxidation sites excluding steroid dienone is 1. The van der Waals surface area contributed by atoms with Gasteiger partial charge in [-0.2, -0.15) is 0 Å². The van der Waals surface area contributed by atoms with Crippen LogP contribution in [0.3, 0.4) is 0 Å². The minimum absolute atomic E-state index is 0.0554. The highest BCUT2D eigenvalue weighted by Crippen LogP contribution is 2.54. The lowest BCUT2D eigenvalue weighted by atomic mass is 9.64. The Morgan fingerprint density at radius 2 is 2.28 bits per heavy atom. The molecule has 2 heterocycles. The van der Waals surface area contributed by atoms with E-state index in [4.69, 9.17) is 9.15 Å². The molecule has 0 amide bonds. The number of carbonyl (C=O) groups excluding carboxylic acids is 1. The monoisotopic (exact) mass is 246 g/mol. The number of ether oxygens (including phenoxy) is 1. The van der Waals surface area contributed by atoms with E-state index in [0.717, 1.165) is 24.8 Å². The van der Waals surface area contributed by atoms with E-state index in [1.165, 1.54) is 11.1 Å². The summed E-state index contributed by atoms with van der Waals surface area (Å²) in [7, 11) is 0. The Bertz CT molecular complexity index is 498. The smallest absolute Gasteiger partial charge is 0.310 e. The zero-order valence-corrected chi connectivity index (χ0v) is 10.9. The first-order chi connectivity index (χ1) is 8.61. The molecule has 3 rings (SSSR count). The topological polar surface area (TPSA) is 39.4 Å². The van der Waals surface area contributed by atoms with Crippen LogP contribution in [0.15, 0.2) is 34.2 Å². The fourth-order valence-electron chi connectivity index (χ4n) is 3.46. The summed E-state index contributed by atoms with van der Waals surface area (Å²) < 4.78 is 10.8. The van der Waals surface area contributed by atoms with Gasteiger partial charge >= 0.3 is 5.97 Å². The molecule has 0 saturated carbocycles. The molecule has 1 aromatic rings. The maximum Gasteiger partial charge on any atom is 0.310 e. The first-order valence-corrected chi connectivity index (χ1v) is 6.52. The van der Waals surface area contributed by atoms with E-state index in [2.05, 4.69) is 13.8 Å². The van der Waals surface area contributed by atoms with E-state index < -0.39 is 0 Å². The molecule has 1 fully saturated rings. The van der Waals surface area contributed by atoms with Crippen LogP contribution < -0.4 is 0 Å². The molecule has 1 aromatic heterocycles. The number of rotatable bonds is 1. The van der Waals surface area contributed by atoms with Crippen molar-refractivity contribution >= 4 is 5.97 Å². The second-order valence-corrected chi connectivity index (χ2v) is 5.63. The van der Waals surface area contributed by atoms with Crippen molar-refractivity contribution in [3.05, 3.63) is 35.3 Å². The summed E-state index contributed by atoms with van der Waals surface area (Å²) in [5.74, 6) is -0.116. The van der Waals surface area contributed by atoms with Gasteiger partial charge in [-0.25, -0.2) is 0 Å². The van der Waals surface area contributed by atoms with Crippen LogP contribution in [0.2, 0.25) is 0 Å². The van der Waals surface area contributed by atoms with E-state index in [1.54, 1.807) is 12.5 Å². The number of hydrogen-bond acceptors (Lipinski definition) is 3. The molecule has 1 saturated heterocycles. The first kappa shape index (κ1) is 11.6. The van der Waals surface area contributed by atoms with E-state index >= 15 is 0 Å². The van der Waals surface area contributed by atoms with Crippen molar-refractivity contribution in [2.75, 3.05) is 0 Å². The number of carbonyl (C=O) groups is 1. The Hall–Kier alpha value is -1.51. The Labute approximate surface area is 107 Å². The summed E-state index contributed by atoms with van der Waals surface area (Å²) in [4.78, 5) is 11.8. The number of cyclic esters (lactones) is 1. The van der Waals surface area contributed by atoms with Crippen molar-refractivity contribution in [2.45, 2.75) is 45.6 Å². The predicted molar refractivity (Wildman–Crippen MR) is 66.8 cm³/mol. The number of furan rings is 1. The average molecular weight is 246 g/mol. The molecule has 3 heteroatoms. The highest BCUT2D eigenvalue weighted by molar-refractivity contribution is 5.75. The first-order valence-electron chi connectivity index (χ1n) is 6.52. The summed E-state index contributed by atoms with van der Waals surface area (Å²) in [6.45, 7) is 4.37. The molecule has 2 atom stereocenters.